The summed E-state index contributed by atoms with van der Waals surface area (Å²) in [6, 6.07) is 4.22. The van der Waals surface area contributed by atoms with Crippen LogP contribution in [0.25, 0.3) is 0 Å². The van der Waals surface area contributed by atoms with Crippen LogP contribution in [0, 0.1) is 5.41 Å². The number of thiophene rings is 1. The van der Waals surface area contributed by atoms with Gasteiger partial charge in [0.25, 0.3) is 0 Å². The van der Waals surface area contributed by atoms with Gasteiger partial charge in [0.15, 0.2) is 0 Å². The maximum atomic E-state index is 9.36. The van der Waals surface area contributed by atoms with Gasteiger partial charge in [0, 0.05) is 16.3 Å². The smallest absolute Gasteiger partial charge is 0.0931 e. The summed E-state index contributed by atoms with van der Waals surface area (Å²) in [5.41, 5.74) is 0.0724. The summed E-state index contributed by atoms with van der Waals surface area (Å²) in [6.45, 7) is 0.258. The maximum absolute atomic E-state index is 9.36. The molecule has 1 fully saturated rings. The highest BCUT2D eigenvalue weighted by Crippen LogP contribution is 2.55. The Morgan fingerprint density at radius 3 is 2.71 bits per heavy atom. The first-order valence-electron chi connectivity index (χ1n) is 4.75. The Bertz CT molecular complexity index is 322. The van der Waals surface area contributed by atoms with Gasteiger partial charge < -0.3 is 10.4 Å². The van der Waals surface area contributed by atoms with Crippen molar-refractivity contribution in [2.24, 2.45) is 5.41 Å². The van der Waals surface area contributed by atoms with E-state index in [9.17, 15) is 5.11 Å². The summed E-state index contributed by atoms with van der Waals surface area (Å²) in [5.74, 6) is 0. The van der Waals surface area contributed by atoms with Crippen LogP contribution in [0.15, 0.2) is 12.1 Å². The normalized spacial score (nSPS) is 20.8. The minimum atomic E-state index is 0.0724. The van der Waals surface area contributed by atoms with E-state index in [0.717, 1.165) is 17.2 Å². The third-order valence-corrected chi connectivity index (χ3v) is 4.28. The molecule has 14 heavy (non-hydrogen) atoms. The lowest BCUT2D eigenvalue weighted by atomic mass is 9.96. The van der Waals surface area contributed by atoms with Crippen molar-refractivity contribution < 1.29 is 5.11 Å². The molecule has 1 aromatic heterocycles. The highest BCUT2D eigenvalue weighted by Gasteiger charge is 2.49. The van der Waals surface area contributed by atoms with Crippen molar-refractivity contribution in [3.05, 3.63) is 21.3 Å². The lowest BCUT2D eigenvalue weighted by Crippen LogP contribution is -2.28. The molecule has 0 spiro atoms. The Morgan fingerprint density at radius 1 is 1.64 bits per heavy atom. The van der Waals surface area contributed by atoms with Gasteiger partial charge in [0.05, 0.1) is 10.9 Å². The molecule has 0 aliphatic heterocycles. The van der Waals surface area contributed by atoms with Crippen molar-refractivity contribution in [3.63, 3.8) is 0 Å². The van der Waals surface area contributed by atoms with Crippen LogP contribution in [0.1, 0.15) is 23.8 Å². The van der Waals surface area contributed by atoms with E-state index in [1.165, 1.54) is 4.88 Å². The van der Waals surface area contributed by atoms with Crippen molar-refractivity contribution in [2.75, 3.05) is 13.7 Å². The van der Waals surface area contributed by atoms with Crippen LogP contribution >= 0.6 is 22.9 Å². The molecule has 1 aliphatic rings. The summed E-state index contributed by atoms with van der Waals surface area (Å²) < 4.78 is 0.814. The largest absolute Gasteiger partial charge is 0.396 e. The molecule has 4 heteroatoms. The van der Waals surface area contributed by atoms with Gasteiger partial charge in [0.1, 0.15) is 0 Å². The zero-order valence-corrected chi connectivity index (χ0v) is 9.66. The number of halogens is 1. The quantitative estimate of drug-likeness (QED) is 0.835. The summed E-state index contributed by atoms with van der Waals surface area (Å²) in [6.07, 6.45) is 2.20. The van der Waals surface area contributed by atoms with E-state index in [2.05, 4.69) is 5.32 Å². The number of hydrogen-bond donors (Lipinski definition) is 2. The first-order chi connectivity index (χ1) is 6.72. The highest BCUT2D eigenvalue weighted by atomic mass is 35.5. The molecule has 1 heterocycles. The third kappa shape index (κ3) is 1.70. The minimum absolute atomic E-state index is 0.0724. The zero-order chi connectivity index (χ0) is 10.2. The molecular weight excluding hydrogens is 218 g/mol. The van der Waals surface area contributed by atoms with Crippen LogP contribution in [-0.4, -0.2) is 18.8 Å². The summed E-state index contributed by atoms with van der Waals surface area (Å²) in [5, 5.41) is 12.6. The van der Waals surface area contributed by atoms with Gasteiger partial charge in [-0.05, 0) is 32.0 Å². The molecule has 78 valence electrons. The molecule has 2 rings (SSSR count). The van der Waals surface area contributed by atoms with Gasteiger partial charge in [-0.1, -0.05) is 11.6 Å². The molecule has 1 atom stereocenters. The first-order valence-corrected chi connectivity index (χ1v) is 5.95. The second-order valence-corrected chi connectivity index (χ2v) is 5.63. The summed E-state index contributed by atoms with van der Waals surface area (Å²) >= 11 is 7.50. The third-order valence-electron chi connectivity index (χ3n) is 2.99. The molecule has 2 nitrogen and oxygen atoms in total. The zero-order valence-electron chi connectivity index (χ0n) is 8.09. The summed E-state index contributed by atoms with van der Waals surface area (Å²) in [4.78, 5) is 1.23. The monoisotopic (exact) mass is 231 g/mol. The van der Waals surface area contributed by atoms with Crippen LogP contribution in [0.3, 0.4) is 0 Å². The van der Waals surface area contributed by atoms with E-state index in [1.54, 1.807) is 11.3 Å². The number of hydrogen-bond acceptors (Lipinski definition) is 3. The number of nitrogens with one attached hydrogen (secondary N) is 1. The molecule has 0 radical (unpaired) electrons. The average Bonchev–Trinajstić information content (AvgIpc) is 2.86. The van der Waals surface area contributed by atoms with Gasteiger partial charge >= 0.3 is 0 Å². The Labute approximate surface area is 92.9 Å². The molecule has 0 bridgehead atoms. The molecule has 0 aromatic carbocycles. The van der Waals surface area contributed by atoms with E-state index in [0.29, 0.717) is 0 Å². The maximum Gasteiger partial charge on any atom is 0.0931 e. The molecule has 1 unspecified atom stereocenters. The van der Waals surface area contributed by atoms with E-state index in [-0.39, 0.29) is 18.1 Å². The van der Waals surface area contributed by atoms with Gasteiger partial charge in [-0.15, -0.1) is 11.3 Å². The van der Waals surface area contributed by atoms with Crippen LogP contribution in [0.2, 0.25) is 4.34 Å². The highest BCUT2D eigenvalue weighted by molar-refractivity contribution is 7.16. The summed E-state index contributed by atoms with van der Waals surface area (Å²) in [7, 11) is 1.94. The van der Waals surface area contributed by atoms with Crippen LogP contribution in [-0.2, 0) is 0 Å². The van der Waals surface area contributed by atoms with Crippen molar-refractivity contribution in [3.8, 4) is 0 Å². The lowest BCUT2D eigenvalue weighted by molar-refractivity contribution is 0.177. The molecular formula is C10H14ClNOS. The molecule has 1 aromatic rings. The van der Waals surface area contributed by atoms with E-state index in [4.69, 9.17) is 11.6 Å². The number of rotatable bonds is 4. The number of aliphatic hydroxyl groups is 1. The predicted molar refractivity (Wildman–Crippen MR) is 59.9 cm³/mol. The Hall–Kier alpha value is -0.0900. The fourth-order valence-electron chi connectivity index (χ4n) is 1.93. The first kappa shape index (κ1) is 10.4. The predicted octanol–water partition coefficient (Wildman–Crippen LogP) is 2.43. The molecule has 1 aliphatic carbocycles. The SMILES string of the molecule is CNC(c1ccc(Cl)s1)C1(CO)CC1. The van der Waals surface area contributed by atoms with Crippen LogP contribution in [0.5, 0.6) is 0 Å². The van der Waals surface area contributed by atoms with Crippen molar-refractivity contribution in [2.45, 2.75) is 18.9 Å². The Morgan fingerprint density at radius 2 is 2.36 bits per heavy atom. The average molecular weight is 232 g/mol. The second-order valence-electron chi connectivity index (χ2n) is 3.88. The molecule has 1 saturated carbocycles. The fraction of sp³-hybridized carbons (Fsp3) is 0.600. The van der Waals surface area contributed by atoms with Crippen molar-refractivity contribution in [1.82, 2.24) is 5.32 Å². The molecule has 0 saturated heterocycles. The fourth-order valence-corrected chi connectivity index (χ4v) is 3.25. The van der Waals surface area contributed by atoms with Gasteiger partial charge in [-0.25, -0.2) is 0 Å². The van der Waals surface area contributed by atoms with Gasteiger partial charge in [-0.2, -0.15) is 0 Å². The van der Waals surface area contributed by atoms with E-state index in [1.807, 2.05) is 19.2 Å². The lowest BCUT2D eigenvalue weighted by Gasteiger charge is -2.23. The Kier molecular flexibility index (Phi) is 2.84. The topological polar surface area (TPSA) is 32.3 Å². The molecule has 2 N–H and O–H groups in total. The van der Waals surface area contributed by atoms with E-state index >= 15 is 0 Å². The van der Waals surface area contributed by atoms with Gasteiger partial charge in [-0.3, -0.25) is 0 Å². The van der Waals surface area contributed by atoms with Crippen LogP contribution in [0.4, 0.5) is 0 Å². The van der Waals surface area contributed by atoms with Crippen molar-refractivity contribution in [1.29, 1.82) is 0 Å². The molecule has 0 amide bonds. The Balaban J connectivity index is 2.22. The standard InChI is InChI=1S/C10H14ClNOS/c1-12-9(10(6-13)4-5-10)7-2-3-8(11)14-7/h2-3,9,12-13H,4-6H2,1H3. The van der Waals surface area contributed by atoms with Crippen molar-refractivity contribution >= 4 is 22.9 Å². The minimum Gasteiger partial charge on any atom is -0.396 e. The van der Waals surface area contributed by atoms with Crippen LogP contribution < -0.4 is 5.32 Å². The van der Waals surface area contributed by atoms with E-state index < -0.39 is 0 Å². The second kappa shape index (κ2) is 3.81. The number of aliphatic hydroxyl groups excluding tert-OH is 1. The van der Waals surface area contributed by atoms with Gasteiger partial charge in [0.2, 0.25) is 0 Å².